The van der Waals surface area contributed by atoms with E-state index in [4.69, 9.17) is 0 Å². The van der Waals surface area contributed by atoms with Crippen LogP contribution in [0.1, 0.15) is 0 Å². The Hall–Kier alpha value is -2.92. The van der Waals surface area contributed by atoms with Gasteiger partial charge in [-0.2, -0.15) is 3.96 Å². The fourth-order valence-corrected chi connectivity index (χ4v) is 3.45. The highest BCUT2D eigenvalue weighted by Gasteiger charge is 2.13. The number of nitrogens with zero attached hydrogens (tertiary/aromatic N) is 1. The Bertz CT molecular complexity index is 1090. The fraction of sp³-hybridized carbons (Fsp3) is 0. The molecule has 0 aliphatic heterocycles. The average Bonchev–Trinajstić information content (AvgIpc) is 2.92. The number of benzene rings is 3. The molecule has 0 spiro atoms. The van der Waals surface area contributed by atoms with Crippen molar-refractivity contribution in [3.8, 4) is 0 Å². The first-order chi connectivity index (χ1) is 11.2. The number of hydrogen-bond acceptors (Lipinski definition) is 3. The van der Waals surface area contributed by atoms with Crippen LogP contribution >= 0.6 is 11.5 Å². The number of hydrogen-bond donors (Lipinski definition) is 1. The number of nitrogens with one attached hydrogen (secondary N) is 1. The predicted octanol–water partition coefficient (Wildman–Crippen LogP) is 4.30. The van der Waals surface area contributed by atoms with Gasteiger partial charge in [-0.3, -0.25) is 4.79 Å². The Morgan fingerprint density at radius 2 is 1.65 bits per heavy atom. The second kappa shape index (κ2) is 5.37. The van der Waals surface area contributed by atoms with Gasteiger partial charge in [0.15, 0.2) is 0 Å². The third kappa shape index (κ3) is 2.41. The van der Waals surface area contributed by atoms with Crippen LogP contribution in [0.4, 0.5) is 10.5 Å². The van der Waals surface area contributed by atoms with Crippen LogP contribution in [0.2, 0.25) is 0 Å². The molecule has 23 heavy (non-hydrogen) atoms. The summed E-state index contributed by atoms with van der Waals surface area (Å²) in [5.41, 5.74) is 0.377. The Morgan fingerprint density at radius 1 is 0.913 bits per heavy atom. The number of carbonyl (C=O) groups is 1. The Morgan fingerprint density at radius 3 is 2.48 bits per heavy atom. The lowest BCUT2D eigenvalue weighted by atomic mass is 10.1. The summed E-state index contributed by atoms with van der Waals surface area (Å²) < 4.78 is 1.95. The highest BCUT2D eigenvalue weighted by atomic mass is 32.1. The predicted molar refractivity (Wildman–Crippen MR) is 94.4 cm³/mol. The molecule has 3 aromatic carbocycles. The van der Waals surface area contributed by atoms with Crippen LogP contribution in [0.15, 0.2) is 71.5 Å². The molecule has 0 aliphatic rings. The summed E-state index contributed by atoms with van der Waals surface area (Å²) in [6.45, 7) is 0. The van der Waals surface area contributed by atoms with E-state index in [2.05, 4.69) is 5.32 Å². The molecule has 0 fully saturated rings. The molecule has 1 amide bonds. The van der Waals surface area contributed by atoms with Gasteiger partial charge >= 0.3 is 6.03 Å². The standard InChI is InChI=1S/C18H12N2O2S/c21-17-15-7-3-4-8-16(15)23-20(17)18(22)19-14-10-9-12-5-1-2-6-13(12)11-14/h1-11H,(H,19,22). The van der Waals surface area contributed by atoms with E-state index >= 15 is 0 Å². The Labute approximate surface area is 135 Å². The number of amides is 1. The summed E-state index contributed by atoms with van der Waals surface area (Å²) in [6.07, 6.45) is 0. The Kier molecular flexibility index (Phi) is 3.20. The van der Waals surface area contributed by atoms with Gasteiger partial charge in [0.25, 0.3) is 5.56 Å². The molecule has 4 rings (SSSR count). The van der Waals surface area contributed by atoms with Crippen LogP contribution < -0.4 is 10.9 Å². The lowest BCUT2D eigenvalue weighted by molar-refractivity contribution is 0.255. The largest absolute Gasteiger partial charge is 0.342 e. The zero-order chi connectivity index (χ0) is 15.8. The van der Waals surface area contributed by atoms with Gasteiger partial charge in [-0.15, -0.1) is 0 Å². The monoisotopic (exact) mass is 320 g/mol. The normalized spacial score (nSPS) is 11.0. The van der Waals surface area contributed by atoms with E-state index in [-0.39, 0.29) is 5.56 Å². The quantitative estimate of drug-likeness (QED) is 0.568. The van der Waals surface area contributed by atoms with Gasteiger partial charge in [0.1, 0.15) is 0 Å². The number of carbonyl (C=O) groups excluding carboxylic acids is 1. The van der Waals surface area contributed by atoms with Gasteiger partial charge in [0.2, 0.25) is 0 Å². The lowest BCUT2D eigenvalue weighted by Gasteiger charge is -2.05. The van der Waals surface area contributed by atoms with Crippen LogP contribution in [-0.2, 0) is 0 Å². The smallest absolute Gasteiger partial charge is 0.306 e. The zero-order valence-electron chi connectivity index (χ0n) is 12.0. The summed E-state index contributed by atoms with van der Waals surface area (Å²) in [6, 6.07) is 20.4. The van der Waals surface area contributed by atoms with Crippen LogP contribution in [0.5, 0.6) is 0 Å². The van der Waals surface area contributed by atoms with Crippen molar-refractivity contribution in [3.05, 3.63) is 77.1 Å². The molecule has 4 aromatic rings. The molecule has 4 nitrogen and oxygen atoms in total. The molecule has 1 aromatic heterocycles. The number of aromatic nitrogens is 1. The van der Waals surface area contributed by atoms with Gasteiger partial charge in [0.05, 0.1) is 10.1 Å². The van der Waals surface area contributed by atoms with E-state index in [9.17, 15) is 9.59 Å². The fourth-order valence-electron chi connectivity index (χ4n) is 2.55. The molecule has 0 saturated heterocycles. The minimum Gasteiger partial charge on any atom is -0.306 e. The van der Waals surface area contributed by atoms with Crippen molar-refractivity contribution < 1.29 is 4.79 Å². The molecule has 0 aliphatic carbocycles. The summed E-state index contributed by atoms with van der Waals surface area (Å²) in [5, 5.41) is 5.49. The van der Waals surface area contributed by atoms with Crippen molar-refractivity contribution in [2.45, 2.75) is 0 Å². The van der Waals surface area contributed by atoms with E-state index < -0.39 is 6.03 Å². The molecule has 0 radical (unpaired) electrons. The van der Waals surface area contributed by atoms with E-state index in [1.165, 1.54) is 0 Å². The highest BCUT2D eigenvalue weighted by molar-refractivity contribution is 7.14. The maximum absolute atomic E-state index is 12.4. The second-order valence-electron chi connectivity index (χ2n) is 5.18. The minimum absolute atomic E-state index is 0.288. The van der Waals surface area contributed by atoms with E-state index in [0.717, 1.165) is 31.0 Å². The first kappa shape index (κ1) is 13.7. The number of fused-ring (bicyclic) bond motifs is 2. The van der Waals surface area contributed by atoms with Crippen LogP contribution in [0, 0.1) is 0 Å². The summed E-state index contributed by atoms with van der Waals surface area (Å²) in [7, 11) is 0. The van der Waals surface area contributed by atoms with Gasteiger partial charge < -0.3 is 5.32 Å². The molecular formula is C18H12N2O2S. The van der Waals surface area contributed by atoms with E-state index in [1.54, 1.807) is 12.1 Å². The van der Waals surface area contributed by atoms with Crippen LogP contribution in [0.3, 0.4) is 0 Å². The molecule has 1 N–H and O–H groups in total. The maximum Gasteiger partial charge on any atom is 0.342 e. The van der Waals surface area contributed by atoms with Crippen LogP contribution in [-0.4, -0.2) is 9.99 Å². The van der Waals surface area contributed by atoms with Gasteiger partial charge in [-0.1, -0.05) is 42.5 Å². The molecule has 5 heteroatoms. The zero-order valence-corrected chi connectivity index (χ0v) is 12.8. The first-order valence-corrected chi connectivity index (χ1v) is 7.91. The van der Waals surface area contributed by atoms with E-state index in [0.29, 0.717) is 11.1 Å². The molecule has 0 unspecified atom stereocenters. The molecular weight excluding hydrogens is 308 g/mol. The third-order valence-electron chi connectivity index (χ3n) is 3.68. The summed E-state index contributed by atoms with van der Waals surface area (Å²) in [5.74, 6) is 0. The average molecular weight is 320 g/mol. The van der Waals surface area contributed by atoms with Crippen LogP contribution in [0.25, 0.3) is 20.9 Å². The van der Waals surface area contributed by atoms with Crippen molar-refractivity contribution in [1.82, 2.24) is 3.96 Å². The molecule has 1 heterocycles. The van der Waals surface area contributed by atoms with Gasteiger partial charge in [-0.25, -0.2) is 4.79 Å². The van der Waals surface area contributed by atoms with Crippen molar-refractivity contribution in [2.75, 3.05) is 5.32 Å². The maximum atomic E-state index is 12.4. The highest BCUT2D eigenvalue weighted by Crippen LogP contribution is 2.20. The third-order valence-corrected chi connectivity index (χ3v) is 4.74. The SMILES string of the molecule is O=C(Nc1ccc2ccccc2c1)n1sc2ccccc2c1=O. The topological polar surface area (TPSA) is 51.1 Å². The molecule has 0 bridgehead atoms. The van der Waals surface area contributed by atoms with Crippen molar-refractivity contribution in [3.63, 3.8) is 0 Å². The van der Waals surface area contributed by atoms with Crippen molar-refractivity contribution in [2.24, 2.45) is 0 Å². The molecule has 0 atom stereocenters. The van der Waals surface area contributed by atoms with E-state index in [1.807, 2.05) is 54.6 Å². The lowest BCUT2D eigenvalue weighted by Crippen LogP contribution is -2.26. The Balaban J connectivity index is 1.70. The number of rotatable bonds is 1. The van der Waals surface area contributed by atoms with Gasteiger partial charge in [-0.05, 0) is 46.6 Å². The summed E-state index contributed by atoms with van der Waals surface area (Å²) in [4.78, 5) is 24.7. The summed E-state index contributed by atoms with van der Waals surface area (Å²) >= 11 is 1.15. The first-order valence-electron chi connectivity index (χ1n) is 7.13. The second-order valence-corrected chi connectivity index (χ2v) is 6.17. The number of anilines is 1. The molecule has 112 valence electrons. The van der Waals surface area contributed by atoms with Crippen molar-refractivity contribution in [1.29, 1.82) is 0 Å². The van der Waals surface area contributed by atoms with Crippen molar-refractivity contribution >= 4 is 44.1 Å². The minimum atomic E-state index is -0.438. The molecule has 0 saturated carbocycles. The van der Waals surface area contributed by atoms with Gasteiger partial charge in [0, 0.05) is 5.69 Å².